The highest BCUT2D eigenvalue weighted by molar-refractivity contribution is 5.89. The predicted molar refractivity (Wildman–Crippen MR) is 96.9 cm³/mol. The topological polar surface area (TPSA) is 116 Å². The van der Waals surface area contributed by atoms with Gasteiger partial charge in [0, 0.05) is 13.0 Å². The van der Waals surface area contributed by atoms with Gasteiger partial charge in [-0.25, -0.2) is 4.79 Å². The molecule has 26 heavy (non-hydrogen) atoms. The first-order valence-electron chi connectivity index (χ1n) is 7.67. The Kier molecular flexibility index (Phi) is 8.41. The maximum absolute atomic E-state index is 11.8. The number of benzene rings is 2. The van der Waals surface area contributed by atoms with Crippen LogP contribution in [-0.2, 0) is 16.0 Å². The second kappa shape index (κ2) is 10.3. The zero-order valence-electron chi connectivity index (χ0n) is 13.8. The molecule has 0 aliphatic rings. The molecule has 2 aromatic carbocycles. The number of ether oxygens (including phenoxy) is 1. The van der Waals surface area contributed by atoms with Crippen LogP contribution in [0.4, 0.5) is 0 Å². The molecular weight excluding hydrogens is 362 g/mol. The van der Waals surface area contributed by atoms with Crippen molar-refractivity contribution in [2.75, 3.05) is 13.2 Å². The largest absolute Gasteiger partial charge is 0.504 e. The van der Waals surface area contributed by atoms with Gasteiger partial charge in [-0.3, -0.25) is 4.79 Å². The second-order valence-electron chi connectivity index (χ2n) is 5.34. The summed E-state index contributed by atoms with van der Waals surface area (Å²) in [5.41, 5.74) is 0.725. The lowest BCUT2D eigenvalue weighted by molar-refractivity contribution is -0.139. The molecule has 0 saturated carbocycles. The Labute approximate surface area is 156 Å². The molecule has 2 rings (SSSR count). The van der Waals surface area contributed by atoms with Gasteiger partial charge in [0.2, 0.25) is 0 Å². The van der Waals surface area contributed by atoms with E-state index >= 15 is 0 Å². The van der Waals surface area contributed by atoms with E-state index in [0.29, 0.717) is 11.1 Å². The van der Waals surface area contributed by atoms with E-state index in [4.69, 9.17) is 4.74 Å². The number of carboxylic acid groups (broad SMARTS) is 1. The number of phenols is 2. The Morgan fingerprint density at radius 3 is 2.38 bits per heavy atom. The van der Waals surface area contributed by atoms with Crippen LogP contribution in [-0.4, -0.2) is 46.5 Å². The third-order valence-corrected chi connectivity index (χ3v) is 3.56. The maximum Gasteiger partial charge on any atom is 0.338 e. The van der Waals surface area contributed by atoms with E-state index < -0.39 is 18.0 Å². The lowest BCUT2D eigenvalue weighted by atomic mass is 10.0. The molecule has 0 amide bonds. The molecule has 0 fully saturated rings. The van der Waals surface area contributed by atoms with Crippen molar-refractivity contribution in [3.05, 3.63) is 59.7 Å². The van der Waals surface area contributed by atoms with E-state index in [-0.39, 0.29) is 43.5 Å². The smallest absolute Gasteiger partial charge is 0.338 e. The summed E-state index contributed by atoms with van der Waals surface area (Å²) in [6.07, 6.45) is -0.0256. The molecule has 0 radical (unpaired) electrons. The lowest BCUT2D eigenvalue weighted by Crippen LogP contribution is -2.40. The number of hydrogen-bond donors (Lipinski definition) is 4. The summed E-state index contributed by atoms with van der Waals surface area (Å²) >= 11 is 0. The number of esters is 1. The van der Waals surface area contributed by atoms with Crippen molar-refractivity contribution in [3.8, 4) is 11.5 Å². The van der Waals surface area contributed by atoms with Crippen LogP contribution in [0, 0.1) is 0 Å². The van der Waals surface area contributed by atoms with E-state index in [1.165, 1.54) is 18.2 Å². The highest BCUT2D eigenvalue weighted by atomic mass is 35.5. The molecule has 0 unspecified atom stereocenters. The fraction of sp³-hybridized carbons (Fsp3) is 0.222. The van der Waals surface area contributed by atoms with E-state index in [0.717, 1.165) is 0 Å². The molecule has 8 heteroatoms. The van der Waals surface area contributed by atoms with Gasteiger partial charge in [-0.2, -0.15) is 0 Å². The summed E-state index contributed by atoms with van der Waals surface area (Å²) in [5, 5.41) is 31.2. The number of hydrogen-bond acceptors (Lipinski definition) is 6. The van der Waals surface area contributed by atoms with Gasteiger partial charge in [-0.1, -0.05) is 30.3 Å². The molecule has 2 aromatic rings. The maximum atomic E-state index is 11.8. The number of carboxylic acids is 1. The molecule has 0 heterocycles. The second-order valence-corrected chi connectivity index (χ2v) is 5.34. The number of carbonyl (C=O) groups excluding carboxylic acids is 1. The van der Waals surface area contributed by atoms with Crippen molar-refractivity contribution in [1.29, 1.82) is 0 Å². The highest BCUT2D eigenvalue weighted by Gasteiger charge is 2.20. The molecule has 0 aliphatic heterocycles. The zero-order chi connectivity index (χ0) is 18.2. The molecule has 140 valence electrons. The van der Waals surface area contributed by atoms with Crippen molar-refractivity contribution in [2.24, 2.45) is 0 Å². The summed E-state index contributed by atoms with van der Waals surface area (Å²) in [6, 6.07) is 11.8. The van der Waals surface area contributed by atoms with Crippen molar-refractivity contribution < 1.29 is 29.6 Å². The van der Waals surface area contributed by atoms with Gasteiger partial charge in [0.15, 0.2) is 11.5 Å². The average Bonchev–Trinajstić information content (AvgIpc) is 2.61. The highest BCUT2D eigenvalue weighted by Crippen LogP contribution is 2.28. The van der Waals surface area contributed by atoms with Gasteiger partial charge >= 0.3 is 11.9 Å². The SMILES string of the molecule is Cl.O=C(OCCN[C@@H](Cc1cccc(O)c1O)C(=O)O)c1ccccc1. The van der Waals surface area contributed by atoms with Crippen LogP contribution in [0.25, 0.3) is 0 Å². The molecule has 0 aliphatic carbocycles. The summed E-state index contributed by atoms with van der Waals surface area (Å²) in [4.78, 5) is 23.1. The van der Waals surface area contributed by atoms with Crippen LogP contribution < -0.4 is 5.32 Å². The Bertz CT molecular complexity index is 738. The number of halogens is 1. The number of rotatable bonds is 8. The minimum atomic E-state index is -1.11. The fourth-order valence-electron chi connectivity index (χ4n) is 2.24. The van der Waals surface area contributed by atoms with E-state index in [1.807, 2.05) is 0 Å². The van der Waals surface area contributed by atoms with E-state index in [2.05, 4.69) is 5.32 Å². The van der Waals surface area contributed by atoms with Crippen molar-refractivity contribution >= 4 is 24.3 Å². The first kappa shape index (κ1) is 21.3. The first-order valence-corrected chi connectivity index (χ1v) is 7.67. The standard InChI is InChI=1S/C18H19NO6.ClH/c20-15-8-4-7-13(16(15)21)11-14(17(22)23)19-9-10-25-18(24)12-5-2-1-3-6-12;/h1-8,14,19-21H,9-11H2,(H,22,23);1H/t14-;/m0./s1. The molecular formula is C18H20ClNO6. The summed E-state index contributed by atoms with van der Waals surface area (Å²) in [7, 11) is 0. The van der Waals surface area contributed by atoms with Crippen LogP contribution in [0.1, 0.15) is 15.9 Å². The Morgan fingerprint density at radius 2 is 1.73 bits per heavy atom. The minimum Gasteiger partial charge on any atom is -0.504 e. The van der Waals surface area contributed by atoms with Gasteiger partial charge in [0.1, 0.15) is 12.6 Å². The molecule has 1 atom stereocenters. The molecule has 0 bridgehead atoms. The predicted octanol–water partition coefficient (Wildman–Crippen LogP) is 1.96. The number of aliphatic carboxylic acids is 1. The number of nitrogens with one attached hydrogen (secondary N) is 1. The number of carbonyl (C=O) groups is 2. The van der Waals surface area contributed by atoms with Gasteiger partial charge < -0.3 is 25.4 Å². The lowest BCUT2D eigenvalue weighted by Gasteiger charge is -2.15. The van der Waals surface area contributed by atoms with Crippen LogP contribution in [0.15, 0.2) is 48.5 Å². The number of para-hydroxylation sites is 1. The molecule has 0 aromatic heterocycles. The Balaban J connectivity index is 0.00000338. The van der Waals surface area contributed by atoms with E-state index in [9.17, 15) is 24.9 Å². The first-order chi connectivity index (χ1) is 12.0. The number of aromatic hydroxyl groups is 2. The third kappa shape index (κ3) is 5.94. The Hall–Kier alpha value is -2.77. The van der Waals surface area contributed by atoms with Crippen molar-refractivity contribution in [1.82, 2.24) is 5.32 Å². The van der Waals surface area contributed by atoms with Crippen molar-refractivity contribution in [2.45, 2.75) is 12.5 Å². The van der Waals surface area contributed by atoms with Crippen molar-refractivity contribution in [3.63, 3.8) is 0 Å². The van der Waals surface area contributed by atoms with Gasteiger partial charge in [0.05, 0.1) is 5.56 Å². The third-order valence-electron chi connectivity index (χ3n) is 3.56. The van der Waals surface area contributed by atoms with Crippen LogP contribution in [0.5, 0.6) is 11.5 Å². The summed E-state index contributed by atoms with van der Waals surface area (Å²) in [5.74, 6) is -2.25. The van der Waals surface area contributed by atoms with Crippen LogP contribution >= 0.6 is 12.4 Å². The molecule has 0 spiro atoms. The van der Waals surface area contributed by atoms with E-state index in [1.54, 1.807) is 30.3 Å². The number of phenolic OH excluding ortho intramolecular Hbond substituents is 2. The minimum absolute atomic E-state index is 0. The zero-order valence-corrected chi connectivity index (χ0v) is 14.6. The normalized spacial score (nSPS) is 11.2. The average molecular weight is 382 g/mol. The molecule has 0 saturated heterocycles. The summed E-state index contributed by atoms with van der Waals surface area (Å²) in [6.45, 7) is 0.138. The Morgan fingerprint density at radius 1 is 1.04 bits per heavy atom. The quantitative estimate of drug-likeness (QED) is 0.314. The van der Waals surface area contributed by atoms with Gasteiger partial charge in [-0.05, 0) is 23.8 Å². The van der Waals surface area contributed by atoms with Gasteiger partial charge in [0.25, 0.3) is 0 Å². The van der Waals surface area contributed by atoms with Crippen LogP contribution in [0.3, 0.4) is 0 Å². The fourth-order valence-corrected chi connectivity index (χ4v) is 2.24. The van der Waals surface area contributed by atoms with Crippen LogP contribution in [0.2, 0.25) is 0 Å². The summed E-state index contributed by atoms with van der Waals surface area (Å²) < 4.78 is 5.07. The monoisotopic (exact) mass is 381 g/mol. The molecule has 4 N–H and O–H groups in total. The molecule has 7 nitrogen and oxygen atoms in total. The van der Waals surface area contributed by atoms with Gasteiger partial charge in [-0.15, -0.1) is 12.4 Å².